The van der Waals surface area contributed by atoms with Crippen molar-refractivity contribution in [2.45, 2.75) is 20.0 Å². The monoisotopic (exact) mass is 379 g/mol. The fourth-order valence-corrected chi connectivity index (χ4v) is 3.18. The Bertz CT molecular complexity index is 1110. The smallest absolute Gasteiger partial charge is 0.246 e. The maximum absolute atomic E-state index is 12.2. The van der Waals surface area contributed by atoms with Crippen LogP contribution in [-0.2, 0) is 17.9 Å². The topological polar surface area (TPSA) is 64.7 Å². The summed E-state index contributed by atoms with van der Waals surface area (Å²) in [4.78, 5) is 12.2. The molecule has 1 amide bonds. The molecule has 0 radical (unpaired) electrons. The molecule has 7 heteroatoms. The summed E-state index contributed by atoms with van der Waals surface area (Å²) in [7, 11) is 0. The molecule has 6 nitrogen and oxygen atoms in total. The molecule has 136 valence electrons. The summed E-state index contributed by atoms with van der Waals surface area (Å²) >= 11 is 5.97. The maximum Gasteiger partial charge on any atom is 0.246 e. The summed E-state index contributed by atoms with van der Waals surface area (Å²) in [5, 5.41) is 14.2. The van der Waals surface area contributed by atoms with Gasteiger partial charge in [0, 0.05) is 6.20 Å². The van der Waals surface area contributed by atoms with Gasteiger partial charge in [0.1, 0.15) is 6.54 Å². The number of nitrogens with one attached hydrogen (secondary N) is 1. The van der Waals surface area contributed by atoms with Gasteiger partial charge in [0.25, 0.3) is 0 Å². The van der Waals surface area contributed by atoms with Crippen molar-refractivity contribution in [3.8, 4) is 0 Å². The van der Waals surface area contributed by atoms with Crippen LogP contribution in [0.1, 0.15) is 11.3 Å². The number of benzene rings is 2. The predicted octanol–water partition coefficient (Wildman–Crippen LogP) is 3.88. The van der Waals surface area contributed by atoms with Gasteiger partial charge in [-0.15, -0.1) is 0 Å². The van der Waals surface area contributed by atoms with Crippen LogP contribution in [0.4, 0.5) is 5.69 Å². The van der Waals surface area contributed by atoms with Crippen LogP contribution in [0.5, 0.6) is 0 Å². The third-order valence-electron chi connectivity index (χ3n) is 4.47. The first-order valence-electron chi connectivity index (χ1n) is 8.57. The van der Waals surface area contributed by atoms with E-state index < -0.39 is 0 Å². The normalized spacial score (nSPS) is 11.0. The number of carbonyl (C=O) groups is 1. The molecule has 2 aromatic heterocycles. The molecule has 1 N–H and O–H groups in total. The van der Waals surface area contributed by atoms with Crippen LogP contribution in [0.15, 0.2) is 61.1 Å². The largest absolute Gasteiger partial charge is 0.322 e. The zero-order valence-corrected chi connectivity index (χ0v) is 15.5. The molecule has 0 saturated carbocycles. The highest BCUT2D eigenvalue weighted by Gasteiger charge is 2.10. The highest BCUT2D eigenvalue weighted by atomic mass is 35.5. The number of rotatable bonds is 5. The lowest BCUT2D eigenvalue weighted by molar-refractivity contribution is -0.116. The van der Waals surface area contributed by atoms with Crippen LogP contribution >= 0.6 is 11.6 Å². The molecule has 0 saturated heterocycles. The predicted molar refractivity (Wildman–Crippen MR) is 106 cm³/mol. The Labute approximate surface area is 161 Å². The zero-order valence-electron chi connectivity index (χ0n) is 14.8. The second-order valence-electron chi connectivity index (χ2n) is 6.35. The highest BCUT2D eigenvalue weighted by Crippen LogP contribution is 2.20. The fourth-order valence-electron chi connectivity index (χ4n) is 3.04. The molecule has 0 spiro atoms. The second kappa shape index (κ2) is 7.25. The lowest BCUT2D eigenvalue weighted by atomic mass is 10.0. The van der Waals surface area contributed by atoms with Crippen molar-refractivity contribution < 1.29 is 4.79 Å². The van der Waals surface area contributed by atoms with Crippen molar-refractivity contribution >= 4 is 34.0 Å². The van der Waals surface area contributed by atoms with E-state index in [0.717, 1.165) is 5.69 Å². The number of hydrogen-bond donors (Lipinski definition) is 1. The average molecular weight is 380 g/mol. The zero-order chi connectivity index (χ0) is 18.8. The van der Waals surface area contributed by atoms with E-state index in [1.165, 1.54) is 22.5 Å². The van der Waals surface area contributed by atoms with Gasteiger partial charge in [-0.25, -0.2) is 0 Å². The molecule has 4 rings (SSSR count). The van der Waals surface area contributed by atoms with Gasteiger partial charge < -0.3 is 5.32 Å². The Balaban J connectivity index is 1.45. The molecule has 2 aromatic carbocycles. The third-order valence-corrected chi connectivity index (χ3v) is 4.84. The molecule has 0 bridgehead atoms. The van der Waals surface area contributed by atoms with E-state index in [9.17, 15) is 4.79 Å². The standard InChI is InChI=1S/C20H18ClN5O/c1-14-19(21)10-23-26(14)13-20(27)24-17-9-22-25(12-17)11-16-7-4-6-15-5-2-3-8-18(15)16/h2-10,12H,11,13H2,1H3,(H,24,27). The number of anilines is 1. The van der Waals surface area contributed by atoms with Crippen molar-refractivity contribution in [2.24, 2.45) is 0 Å². The summed E-state index contributed by atoms with van der Waals surface area (Å²) in [5.74, 6) is -0.178. The first kappa shape index (κ1) is 17.3. The van der Waals surface area contributed by atoms with Gasteiger partial charge in [0.05, 0.1) is 35.3 Å². The van der Waals surface area contributed by atoms with Gasteiger partial charge in [0.2, 0.25) is 5.91 Å². The van der Waals surface area contributed by atoms with Crippen LogP contribution in [-0.4, -0.2) is 25.5 Å². The molecule has 0 atom stereocenters. The molecule has 4 aromatic rings. The Morgan fingerprint density at radius 2 is 1.93 bits per heavy atom. The molecular weight excluding hydrogens is 362 g/mol. The van der Waals surface area contributed by atoms with Crippen LogP contribution in [0.25, 0.3) is 10.8 Å². The fraction of sp³-hybridized carbons (Fsp3) is 0.150. The molecule has 0 unspecified atom stereocenters. The third kappa shape index (κ3) is 3.71. The van der Waals surface area contributed by atoms with E-state index >= 15 is 0 Å². The molecule has 0 aliphatic heterocycles. The Hall–Kier alpha value is -3.12. The van der Waals surface area contributed by atoms with E-state index in [1.807, 2.05) is 36.0 Å². The van der Waals surface area contributed by atoms with Gasteiger partial charge >= 0.3 is 0 Å². The lowest BCUT2D eigenvalue weighted by Gasteiger charge is -2.07. The minimum absolute atomic E-state index is 0.104. The minimum Gasteiger partial charge on any atom is -0.322 e. The summed E-state index contributed by atoms with van der Waals surface area (Å²) < 4.78 is 3.38. The summed E-state index contributed by atoms with van der Waals surface area (Å²) in [6, 6.07) is 14.5. The summed E-state index contributed by atoms with van der Waals surface area (Å²) in [5.41, 5.74) is 2.59. The van der Waals surface area contributed by atoms with Crippen LogP contribution < -0.4 is 5.32 Å². The first-order valence-corrected chi connectivity index (χ1v) is 8.95. The van der Waals surface area contributed by atoms with E-state index in [4.69, 9.17) is 11.6 Å². The molecule has 0 fully saturated rings. The minimum atomic E-state index is -0.178. The second-order valence-corrected chi connectivity index (χ2v) is 6.76. The van der Waals surface area contributed by atoms with Gasteiger partial charge in [0.15, 0.2) is 0 Å². The number of nitrogens with zero attached hydrogens (tertiary/aromatic N) is 4. The van der Waals surface area contributed by atoms with E-state index in [0.29, 0.717) is 17.3 Å². The van der Waals surface area contributed by atoms with Crippen molar-refractivity contribution in [1.82, 2.24) is 19.6 Å². The van der Waals surface area contributed by atoms with Crippen LogP contribution in [0.3, 0.4) is 0 Å². The van der Waals surface area contributed by atoms with Gasteiger partial charge in [-0.2, -0.15) is 10.2 Å². The van der Waals surface area contributed by atoms with E-state index in [-0.39, 0.29) is 12.5 Å². The number of hydrogen-bond acceptors (Lipinski definition) is 3. The number of fused-ring (bicyclic) bond motifs is 1. The van der Waals surface area contributed by atoms with Gasteiger partial charge in [-0.3, -0.25) is 14.2 Å². The van der Waals surface area contributed by atoms with Crippen molar-refractivity contribution in [1.29, 1.82) is 0 Å². The summed E-state index contributed by atoms with van der Waals surface area (Å²) in [6.45, 7) is 2.56. The van der Waals surface area contributed by atoms with Crippen LogP contribution in [0.2, 0.25) is 5.02 Å². The van der Waals surface area contributed by atoms with Gasteiger partial charge in [-0.05, 0) is 23.3 Å². The SMILES string of the molecule is Cc1c(Cl)cnn1CC(=O)Nc1cnn(Cc2cccc3ccccc23)c1. The Morgan fingerprint density at radius 3 is 2.74 bits per heavy atom. The average Bonchev–Trinajstić information content (AvgIpc) is 3.23. The first-order chi connectivity index (χ1) is 13.1. The number of amides is 1. The summed E-state index contributed by atoms with van der Waals surface area (Å²) in [6.07, 6.45) is 5.00. The number of aromatic nitrogens is 4. The van der Waals surface area contributed by atoms with Crippen molar-refractivity contribution in [2.75, 3.05) is 5.32 Å². The number of carbonyl (C=O) groups excluding carboxylic acids is 1. The Morgan fingerprint density at radius 1 is 1.11 bits per heavy atom. The molecular formula is C20H18ClN5O. The van der Waals surface area contributed by atoms with Crippen molar-refractivity contribution in [3.05, 3.63) is 77.3 Å². The van der Waals surface area contributed by atoms with Gasteiger partial charge in [-0.1, -0.05) is 54.1 Å². The van der Waals surface area contributed by atoms with Crippen molar-refractivity contribution in [3.63, 3.8) is 0 Å². The molecule has 0 aliphatic rings. The highest BCUT2D eigenvalue weighted by molar-refractivity contribution is 6.31. The Kier molecular flexibility index (Phi) is 4.64. The van der Waals surface area contributed by atoms with Crippen LogP contribution in [0, 0.1) is 6.92 Å². The molecule has 2 heterocycles. The van der Waals surface area contributed by atoms with E-state index in [1.54, 1.807) is 10.9 Å². The molecule has 0 aliphatic carbocycles. The maximum atomic E-state index is 12.2. The van der Waals surface area contributed by atoms with E-state index in [2.05, 4.69) is 39.8 Å². The number of halogens is 1. The lowest BCUT2D eigenvalue weighted by Crippen LogP contribution is -2.20. The molecule has 27 heavy (non-hydrogen) atoms. The quantitative estimate of drug-likeness (QED) is 0.572.